The quantitative estimate of drug-likeness (QED) is 0.123. The second-order valence-electron chi connectivity index (χ2n) is 11.8. The van der Waals surface area contributed by atoms with Gasteiger partial charge < -0.3 is 19.7 Å². The molecule has 1 saturated heterocycles. The van der Waals surface area contributed by atoms with Crippen LogP contribution < -0.4 is 5.69 Å². The van der Waals surface area contributed by atoms with Crippen LogP contribution >= 0.6 is 46.4 Å². The summed E-state index contributed by atoms with van der Waals surface area (Å²) in [5, 5.41) is 15.3. The van der Waals surface area contributed by atoms with E-state index in [1.807, 2.05) is 24.3 Å². The smallest absolute Gasteiger partial charge is 0.329 e. The number of piperidine rings is 1. The summed E-state index contributed by atoms with van der Waals surface area (Å²) in [5.74, 6) is -1.61. The number of carboxylic acid groups (broad SMARTS) is 1. The van der Waals surface area contributed by atoms with Crippen LogP contribution in [0.1, 0.15) is 47.1 Å². The molecule has 1 atom stereocenters. The molecule has 1 fully saturated rings. The predicted molar refractivity (Wildman–Crippen MR) is 190 cm³/mol. The fraction of sp³-hybridized carbons (Fsp3) is 0.353. The number of carboxylic acids is 1. The van der Waals surface area contributed by atoms with Gasteiger partial charge in [-0.1, -0.05) is 69.8 Å². The van der Waals surface area contributed by atoms with Crippen LogP contribution in [0.25, 0.3) is 11.0 Å². The minimum absolute atomic E-state index is 0.0650. The van der Waals surface area contributed by atoms with E-state index in [9.17, 15) is 19.5 Å². The molecule has 1 N–H and O–H groups in total. The zero-order valence-corrected chi connectivity index (χ0v) is 29.4. The molecular weight excluding hydrogens is 700 g/mol. The Morgan fingerprint density at radius 1 is 0.979 bits per heavy atom. The summed E-state index contributed by atoms with van der Waals surface area (Å²) in [6.07, 6.45) is 2.07. The Balaban J connectivity index is 1.33. The minimum Gasteiger partial charge on any atom is -0.480 e. The molecule has 4 aromatic rings. The van der Waals surface area contributed by atoms with Gasteiger partial charge in [-0.3, -0.25) is 18.7 Å². The van der Waals surface area contributed by atoms with Gasteiger partial charge in [-0.15, -0.1) is 0 Å². The molecule has 14 heteroatoms. The van der Waals surface area contributed by atoms with Crippen molar-refractivity contribution in [3.63, 3.8) is 0 Å². The molecule has 0 spiro atoms. The molecule has 0 unspecified atom stereocenters. The monoisotopic (exact) mass is 733 g/mol. The molecule has 0 bridgehead atoms. The number of rotatable bonds is 12. The molecule has 1 aromatic heterocycles. The number of carbonyl (C=O) groups is 2. The zero-order chi connectivity index (χ0) is 34.5. The summed E-state index contributed by atoms with van der Waals surface area (Å²) in [4.78, 5) is 47.4. The van der Waals surface area contributed by atoms with E-state index in [1.54, 1.807) is 48.0 Å². The average Bonchev–Trinajstić information content (AvgIpc) is 3.32. The number of para-hydroxylation sites is 2. The van der Waals surface area contributed by atoms with Gasteiger partial charge in [-0.2, -0.15) is 0 Å². The fourth-order valence-electron chi connectivity index (χ4n) is 6.37. The highest BCUT2D eigenvalue weighted by atomic mass is 35.5. The standard InChI is InChI=1S/C34H35Cl4N5O5/c1-40(33(46)22-15-23(35)18-24(36)16-22)19-29(39-48-2)26(21-7-8-27(37)28(38)17-21)11-14-41-12-9-25(10-13-41)43-31-6-4-3-5-30(31)42(34(43)47)20-32(44)45/h3-8,15-18,25-26H,9-14,19-20H2,1-2H3,(H,44,45)/b39-29-/t26-/m1/s1. The summed E-state index contributed by atoms with van der Waals surface area (Å²) >= 11 is 25.0. The first-order valence-electron chi connectivity index (χ1n) is 15.4. The number of aliphatic carboxylic acids is 1. The average molecular weight is 735 g/mol. The van der Waals surface area contributed by atoms with Crippen LogP contribution in [0.5, 0.6) is 0 Å². The molecule has 0 saturated carbocycles. The number of benzene rings is 3. The molecule has 10 nitrogen and oxygen atoms in total. The summed E-state index contributed by atoms with van der Waals surface area (Å²) in [5.41, 5.74) is 2.89. The van der Waals surface area contributed by atoms with Crippen LogP contribution in [-0.4, -0.2) is 82.0 Å². The third-order valence-corrected chi connectivity index (χ3v) is 9.81. The number of carbonyl (C=O) groups excluding carboxylic acids is 1. The Bertz CT molecular complexity index is 1880. The first-order valence-corrected chi connectivity index (χ1v) is 16.9. The number of halogens is 4. The predicted octanol–water partition coefficient (Wildman–Crippen LogP) is 7.09. The van der Waals surface area contributed by atoms with E-state index >= 15 is 0 Å². The first kappa shape index (κ1) is 35.8. The molecule has 1 aliphatic heterocycles. The van der Waals surface area contributed by atoms with E-state index in [1.165, 1.54) is 16.6 Å². The highest BCUT2D eigenvalue weighted by Crippen LogP contribution is 2.32. The van der Waals surface area contributed by atoms with Crippen molar-refractivity contribution in [2.45, 2.75) is 37.8 Å². The van der Waals surface area contributed by atoms with Gasteiger partial charge in [0.2, 0.25) is 0 Å². The van der Waals surface area contributed by atoms with Crippen LogP contribution in [0, 0.1) is 0 Å². The van der Waals surface area contributed by atoms with Gasteiger partial charge in [0.25, 0.3) is 5.91 Å². The molecule has 5 rings (SSSR count). The maximum Gasteiger partial charge on any atom is 0.329 e. The summed E-state index contributed by atoms with van der Waals surface area (Å²) in [7, 11) is 3.14. The van der Waals surface area contributed by atoms with Crippen molar-refractivity contribution >= 4 is 75.0 Å². The molecule has 2 heterocycles. The number of fused-ring (bicyclic) bond motifs is 1. The Hall–Kier alpha value is -3.54. The van der Waals surface area contributed by atoms with Crippen molar-refractivity contribution in [2.75, 3.05) is 40.3 Å². The van der Waals surface area contributed by atoms with Gasteiger partial charge in [0.15, 0.2) is 0 Å². The topological polar surface area (TPSA) is 109 Å². The summed E-state index contributed by atoms with van der Waals surface area (Å²) < 4.78 is 3.07. The van der Waals surface area contributed by atoms with E-state index in [-0.39, 0.29) is 36.6 Å². The molecule has 1 amide bonds. The molecule has 254 valence electrons. The van der Waals surface area contributed by atoms with Crippen molar-refractivity contribution in [1.82, 2.24) is 18.9 Å². The number of hydrogen-bond acceptors (Lipinski definition) is 6. The van der Waals surface area contributed by atoms with Gasteiger partial charge in [-0.05, 0) is 73.8 Å². The Morgan fingerprint density at radius 3 is 2.27 bits per heavy atom. The van der Waals surface area contributed by atoms with E-state index in [2.05, 4.69) is 10.1 Å². The molecule has 48 heavy (non-hydrogen) atoms. The number of hydrogen-bond donors (Lipinski definition) is 1. The van der Waals surface area contributed by atoms with Crippen molar-refractivity contribution in [3.8, 4) is 0 Å². The lowest BCUT2D eigenvalue weighted by Crippen LogP contribution is -2.40. The first-order chi connectivity index (χ1) is 23.0. The second kappa shape index (κ2) is 15.8. The maximum atomic E-state index is 13.4. The van der Waals surface area contributed by atoms with Crippen molar-refractivity contribution in [2.24, 2.45) is 5.16 Å². The maximum absolute atomic E-state index is 13.4. The van der Waals surface area contributed by atoms with Crippen LogP contribution in [0.15, 0.2) is 70.6 Å². The second-order valence-corrected chi connectivity index (χ2v) is 13.5. The van der Waals surface area contributed by atoms with Crippen molar-refractivity contribution in [1.29, 1.82) is 0 Å². The van der Waals surface area contributed by atoms with Crippen LogP contribution in [0.3, 0.4) is 0 Å². The van der Waals surface area contributed by atoms with Crippen molar-refractivity contribution < 1.29 is 19.5 Å². The highest BCUT2D eigenvalue weighted by molar-refractivity contribution is 6.42. The van der Waals surface area contributed by atoms with E-state index in [0.29, 0.717) is 49.8 Å². The third kappa shape index (κ3) is 8.18. The van der Waals surface area contributed by atoms with Gasteiger partial charge in [-0.25, -0.2) is 4.79 Å². The van der Waals surface area contributed by atoms with Gasteiger partial charge >= 0.3 is 11.7 Å². The fourth-order valence-corrected chi connectivity index (χ4v) is 7.21. The summed E-state index contributed by atoms with van der Waals surface area (Å²) in [6.45, 7) is 1.92. The Morgan fingerprint density at radius 2 is 1.65 bits per heavy atom. The molecular formula is C34H35Cl4N5O5. The summed E-state index contributed by atoms with van der Waals surface area (Å²) in [6, 6.07) is 17.4. The van der Waals surface area contributed by atoms with E-state index in [4.69, 9.17) is 51.2 Å². The molecule has 1 aliphatic rings. The minimum atomic E-state index is -1.06. The van der Waals surface area contributed by atoms with Gasteiger partial charge in [0.1, 0.15) is 13.7 Å². The number of oxime groups is 1. The lowest BCUT2D eigenvalue weighted by Gasteiger charge is -2.34. The van der Waals surface area contributed by atoms with Crippen LogP contribution in [0.2, 0.25) is 20.1 Å². The van der Waals surface area contributed by atoms with E-state index in [0.717, 1.165) is 37.0 Å². The number of nitrogens with zero attached hydrogens (tertiary/aromatic N) is 5. The van der Waals surface area contributed by atoms with Crippen LogP contribution in [-0.2, 0) is 16.2 Å². The lowest BCUT2D eigenvalue weighted by molar-refractivity contribution is -0.137. The number of aromatic nitrogens is 2. The SMILES string of the molecule is CO/N=C(/CN(C)C(=O)c1cc(Cl)cc(Cl)c1)[C@H](CCN1CCC(n2c(=O)n(CC(=O)O)c3ccccc32)CC1)c1ccc(Cl)c(Cl)c1. The van der Waals surface area contributed by atoms with Gasteiger partial charge in [0, 0.05) is 47.7 Å². The highest BCUT2D eigenvalue weighted by Gasteiger charge is 2.28. The third-order valence-electron chi connectivity index (χ3n) is 8.63. The Kier molecular flexibility index (Phi) is 11.8. The normalized spacial score (nSPS) is 15.1. The molecule has 0 aliphatic carbocycles. The Labute approximate surface area is 298 Å². The number of imidazole rings is 1. The van der Waals surface area contributed by atoms with E-state index < -0.39 is 5.97 Å². The largest absolute Gasteiger partial charge is 0.480 e. The molecule has 0 radical (unpaired) electrons. The van der Waals surface area contributed by atoms with Crippen LogP contribution in [0.4, 0.5) is 0 Å². The van der Waals surface area contributed by atoms with Gasteiger partial charge in [0.05, 0.1) is 33.3 Å². The zero-order valence-electron chi connectivity index (χ0n) is 26.4. The molecule has 3 aromatic carbocycles. The lowest BCUT2D eigenvalue weighted by atomic mass is 9.89. The number of amides is 1. The van der Waals surface area contributed by atoms with Crippen molar-refractivity contribution in [3.05, 3.63) is 102 Å². The number of likely N-dealkylation sites (tertiary alicyclic amines) is 1.